The van der Waals surface area contributed by atoms with Crippen molar-refractivity contribution in [2.45, 2.75) is 52.1 Å². The van der Waals surface area contributed by atoms with Crippen molar-refractivity contribution in [2.24, 2.45) is 5.92 Å². The van der Waals surface area contributed by atoms with Gasteiger partial charge in [-0.1, -0.05) is 13.3 Å². The first-order valence-electron chi connectivity index (χ1n) is 6.62. The molecule has 0 heterocycles. The van der Waals surface area contributed by atoms with Gasteiger partial charge in [0.15, 0.2) is 0 Å². The van der Waals surface area contributed by atoms with Gasteiger partial charge in [-0.25, -0.2) is 4.39 Å². The van der Waals surface area contributed by atoms with E-state index in [1.165, 1.54) is 31.4 Å². The van der Waals surface area contributed by atoms with E-state index in [2.05, 4.69) is 6.92 Å². The fourth-order valence-corrected chi connectivity index (χ4v) is 2.58. The number of ether oxygens (including phenoxy) is 1. The number of hydrogen-bond acceptors (Lipinski definition) is 1. The molecule has 1 aliphatic rings. The topological polar surface area (TPSA) is 9.23 Å². The third kappa shape index (κ3) is 3.21. The van der Waals surface area contributed by atoms with Crippen LogP contribution in [0.4, 0.5) is 4.39 Å². The number of rotatable bonds is 3. The molecule has 2 heteroatoms. The highest BCUT2D eigenvalue weighted by atomic mass is 19.1. The van der Waals surface area contributed by atoms with Crippen molar-refractivity contribution >= 4 is 0 Å². The molecule has 2 rings (SSSR count). The van der Waals surface area contributed by atoms with Crippen LogP contribution in [0.15, 0.2) is 18.2 Å². The first-order valence-corrected chi connectivity index (χ1v) is 6.62. The summed E-state index contributed by atoms with van der Waals surface area (Å²) >= 11 is 0. The Bertz CT molecular complexity index is 367. The zero-order chi connectivity index (χ0) is 12.3. The van der Waals surface area contributed by atoms with Gasteiger partial charge in [0, 0.05) is 0 Å². The molecule has 94 valence electrons. The summed E-state index contributed by atoms with van der Waals surface area (Å²) in [4.78, 5) is 0. The Labute approximate surface area is 103 Å². The Hall–Kier alpha value is -1.05. The maximum Gasteiger partial charge on any atom is 0.123 e. The van der Waals surface area contributed by atoms with Gasteiger partial charge >= 0.3 is 0 Å². The molecule has 0 unspecified atom stereocenters. The molecule has 0 bridgehead atoms. The van der Waals surface area contributed by atoms with Crippen molar-refractivity contribution in [1.29, 1.82) is 0 Å². The summed E-state index contributed by atoms with van der Waals surface area (Å²) in [7, 11) is 0. The van der Waals surface area contributed by atoms with Gasteiger partial charge in [-0.15, -0.1) is 0 Å². The van der Waals surface area contributed by atoms with E-state index in [1.54, 1.807) is 6.07 Å². The van der Waals surface area contributed by atoms with E-state index in [4.69, 9.17) is 4.74 Å². The first-order chi connectivity index (χ1) is 8.19. The molecule has 0 radical (unpaired) electrons. The summed E-state index contributed by atoms with van der Waals surface area (Å²) in [5.41, 5.74) is 0.891. The minimum absolute atomic E-state index is 0.190. The predicted octanol–water partition coefficient (Wildman–Crippen LogP) is 4.48. The Morgan fingerprint density at radius 3 is 2.53 bits per heavy atom. The van der Waals surface area contributed by atoms with E-state index >= 15 is 0 Å². The largest absolute Gasteiger partial charge is 0.490 e. The molecule has 1 fully saturated rings. The number of hydrogen-bond donors (Lipinski definition) is 0. The zero-order valence-corrected chi connectivity index (χ0v) is 10.7. The van der Waals surface area contributed by atoms with Gasteiger partial charge in [0.25, 0.3) is 0 Å². The molecule has 0 spiro atoms. The van der Waals surface area contributed by atoms with Crippen LogP contribution in [0.3, 0.4) is 0 Å². The Morgan fingerprint density at radius 1 is 1.24 bits per heavy atom. The molecule has 0 amide bonds. The standard InChI is InChI=1S/C15H21FO/c1-3-12-4-7-14(8-5-12)17-15-9-6-13(16)10-11(15)2/h6,9-10,12,14H,3-5,7-8H2,1-2H3. The fourth-order valence-electron chi connectivity index (χ4n) is 2.58. The van der Waals surface area contributed by atoms with Crippen LogP contribution >= 0.6 is 0 Å². The number of aryl methyl sites for hydroxylation is 1. The lowest BCUT2D eigenvalue weighted by Gasteiger charge is -2.28. The molecular weight excluding hydrogens is 215 g/mol. The lowest BCUT2D eigenvalue weighted by atomic mass is 9.86. The lowest BCUT2D eigenvalue weighted by molar-refractivity contribution is 0.129. The average Bonchev–Trinajstić information content (AvgIpc) is 2.34. The maximum atomic E-state index is 13.0. The monoisotopic (exact) mass is 236 g/mol. The molecular formula is C15H21FO. The molecule has 1 saturated carbocycles. The maximum absolute atomic E-state index is 13.0. The minimum Gasteiger partial charge on any atom is -0.490 e. The Morgan fingerprint density at radius 2 is 1.94 bits per heavy atom. The Kier molecular flexibility index (Phi) is 4.03. The molecule has 0 aromatic heterocycles. The molecule has 0 atom stereocenters. The second-order valence-corrected chi connectivity index (χ2v) is 5.08. The highest BCUT2D eigenvalue weighted by molar-refractivity contribution is 5.32. The van der Waals surface area contributed by atoms with Crippen LogP contribution in [-0.2, 0) is 0 Å². The van der Waals surface area contributed by atoms with Gasteiger partial charge in [0.05, 0.1) is 6.10 Å². The van der Waals surface area contributed by atoms with Crippen molar-refractivity contribution in [3.8, 4) is 5.75 Å². The van der Waals surface area contributed by atoms with Crippen molar-refractivity contribution in [3.05, 3.63) is 29.6 Å². The van der Waals surface area contributed by atoms with Gasteiger partial charge in [0.2, 0.25) is 0 Å². The predicted molar refractivity (Wildman–Crippen MR) is 67.8 cm³/mol. The summed E-state index contributed by atoms with van der Waals surface area (Å²) in [5, 5.41) is 0. The van der Waals surface area contributed by atoms with E-state index in [0.29, 0.717) is 6.10 Å². The van der Waals surface area contributed by atoms with Gasteiger partial charge in [-0.05, 0) is 62.3 Å². The van der Waals surface area contributed by atoms with Crippen LogP contribution in [0, 0.1) is 18.7 Å². The van der Waals surface area contributed by atoms with Crippen LogP contribution in [0.1, 0.15) is 44.6 Å². The fraction of sp³-hybridized carbons (Fsp3) is 0.600. The second kappa shape index (κ2) is 5.52. The molecule has 17 heavy (non-hydrogen) atoms. The molecule has 1 aromatic carbocycles. The zero-order valence-electron chi connectivity index (χ0n) is 10.7. The summed E-state index contributed by atoms with van der Waals surface area (Å²) in [6.07, 6.45) is 6.40. The average molecular weight is 236 g/mol. The lowest BCUT2D eigenvalue weighted by Crippen LogP contribution is -2.24. The van der Waals surface area contributed by atoms with Crippen molar-refractivity contribution in [2.75, 3.05) is 0 Å². The third-order valence-electron chi connectivity index (χ3n) is 3.80. The number of benzene rings is 1. The van der Waals surface area contributed by atoms with Gasteiger partial charge in [-0.2, -0.15) is 0 Å². The highest BCUT2D eigenvalue weighted by Gasteiger charge is 2.21. The second-order valence-electron chi connectivity index (χ2n) is 5.08. The van der Waals surface area contributed by atoms with E-state index in [9.17, 15) is 4.39 Å². The summed E-state index contributed by atoms with van der Waals surface area (Å²) in [6, 6.07) is 4.75. The van der Waals surface area contributed by atoms with E-state index < -0.39 is 0 Å². The third-order valence-corrected chi connectivity index (χ3v) is 3.80. The van der Waals surface area contributed by atoms with Crippen LogP contribution in [-0.4, -0.2) is 6.10 Å². The van der Waals surface area contributed by atoms with Crippen LogP contribution < -0.4 is 4.74 Å². The van der Waals surface area contributed by atoms with Crippen LogP contribution in [0.2, 0.25) is 0 Å². The summed E-state index contributed by atoms with van der Waals surface area (Å²) in [5.74, 6) is 1.53. The number of halogens is 1. The van der Waals surface area contributed by atoms with Crippen molar-refractivity contribution in [1.82, 2.24) is 0 Å². The smallest absolute Gasteiger partial charge is 0.123 e. The van der Waals surface area contributed by atoms with E-state index in [0.717, 1.165) is 30.1 Å². The summed E-state index contributed by atoms with van der Waals surface area (Å²) < 4.78 is 18.9. The highest BCUT2D eigenvalue weighted by Crippen LogP contribution is 2.30. The molecule has 0 saturated heterocycles. The summed E-state index contributed by atoms with van der Waals surface area (Å²) in [6.45, 7) is 4.16. The molecule has 0 aliphatic heterocycles. The first kappa shape index (κ1) is 12.4. The molecule has 1 aromatic rings. The Balaban J connectivity index is 1.93. The normalized spacial score (nSPS) is 24.6. The van der Waals surface area contributed by atoms with Crippen molar-refractivity contribution in [3.63, 3.8) is 0 Å². The SMILES string of the molecule is CCC1CCC(Oc2ccc(F)cc2C)CC1. The quantitative estimate of drug-likeness (QED) is 0.751. The molecule has 0 N–H and O–H groups in total. The van der Waals surface area contributed by atoms with Crippen molar-refractivity contribution < 1.29 is 9.13 Å². The minimum atomic E-state index is -0.190. The van der Waals surface area contributed by atoms with Crippen LogP contribution in [0.5, 0.6) is 5.75 Å². The van der Waals surface area contributed by atoms with E-state index in [1.807, 2.05) is 6.92 Å². The molecule has 1 nitrogen and oxygen atoms in total. The van der Waals surface area contributed by atoms with E-state index in [-0.39, 0.29) is 5.82 Å². The molecule has 1 aliphatic carbocycles. The van der Waals surface area contributed by atoms with Crippen LogP contribution in [0.25, 0.3) is 0 Å². The van der Waals surface area contributed by atoms with Gasteiger partial charge < -0.3 is 4.74 Å². The van der Waals surface area contributed by atoms with Gasteiger partial charge in [0.1, 0.15) is 11.6 Å². The van der Waals surface area contributed by atoms with Gasteiger partial charge in [-0.3, -0.25) is 0 Å².